The number of anilines is 1. The number of pyridine rings is 1. The molecule has 2 aromatic rings. The Morgan fingerprint density at radius 2 is 1.79 bits per heavy atom. The summed E-state index contributed by atoms with van der Waals surface area (Å²) in [7, 11) is 0. The van der Waals surface area contributed by atoms with Crippen molar-refractivity contribution >= 4 is 34.2 Å². The smallest absolute Gasteiger partial charge is 0.320 e. The van der Waals surface area contributed by atoms with E-state index in [1.165, 1.54) is 0 Å². The van der Waals surface area contributed by atoms with Crippen molar-refractivity contribution in [2.45, 2.75) is 19.8 Å². The van der Waals surface area contributed by atoms with E-state index in [9.17, 15) is 9.90 Å². The van der Waals surface area contributed by atoms with Gasteiger partial charge in [0, 0.05) is 62.8 Å². The highest BCUT2D eigenvalue weighted by molar-refractivity contribution is 6.34. The van der Waals surface area contributed by atoms with Gasteiger partial charge >= 0.3 is 6.03 Å². The molecule has 1 N–H and O–H groups in total. The van der Waals surface area contributed by atoms with E-state index in [4.69, 9.17) is 11.6 Å². The van der Waals surface area contributed by atoms with Crippen LogP contribution in [0.3, 0.4) is 0 Å². The molecule has 0 saturated carbocycles. The normalized spacial score (nSPS) is 18.8. The molecule has 28 heavy (non-hydrogen) atoms. The first kappa shape index (κ1) is 19.1. The van der Waals surface area contributed by atoms with Gasteiger partial charge in [-0.15, -0.1) is 5.10 Å². The van der Waals surface area contributed by atoms with Crippen LogP contribution in [0.1, 0.15) is 18.5 Å². The summed E-state index contributed by atoms with van der Waals surface area (Å²) in [5.74, 6) is 1.18. The largest absolute Gasteiger partial charge is 0.396 e. The third-order valence-corrected chi connectivity index (χ3v) is 6.09. The summed E-state index contributed by atoms with van der Waals surface area (Å²) in [5, 5.41) is 19.4. The number of carbonyl (C=O) groups is 1. The van der Waals surface area contributed by atoms with Crippen molar-refractivity contribution in [1.29, 1.82) is 0 Å². The molecule has 2 aromatic heterocycles. The molecule has 2 aliphatic heterocycles. The molecule has 0 unspecified atom stereocenters. The minimum absolute atomic E-state index is 0.108. The lowest BCUT2D eigenvalue weighted by atomic mass is 9.98. The molecule has 0 atom stereocenters. The average molecular weight is 405 g/mol. The van der Waals surface area contributed by atoms with Crippen molar-refractivity contribution in [3.05, 3.63) is 23.1 Å². The van der Waals surface area contributed by atoms with Crippen molar-refractivity contribution in [2.24, 2.45) is 5.92 Å². The maximum Gasteiger partial charge on any atom is 0.320 e. The van der Waals surface area contributed by atoms with Gasteiger partial charge in [-0.3, -0.25) is 0 Å². The lowest BCUT2D eigenvalue weighted by molar-refractivity contribution is 0.112. The van der Waals surface area contributed by atoms with Crippen LogP contribution in [0.25, 0.3) is 10.8 Å². The molecule has 2 saturated heterocycles. The topological polar surface area (TPSA) is 85.7 Å². The third kappa shape index (κ3) is 3.71. The van der Waals surface area contributed by atoms with E-state index < -0.39 is 0 Å². The number of likely N-dealkylation sites (tertiary alicyclic amines) is 1. The number of rotatable bonds is 2. The third-order valence-electron chi connectivity index (χ3n) is 5.81. The van der Waals surface area contributed by atoms with Crippen molar-refractivity contribution in [3.8, 4) is 0 Å². The van der Waals surface area contributed by atoms with Crippen LogP contribution in [-0.4, -0.2) is 82.0 Å². The monoisotopic (exact) mass is 404 g/mol. The summed E-state index contributed by atoms with van der Waals surface area (Å²) >= 11 is 6.22. The fourth-order valence-corrected chi connectivity index (χ4v) is 4.13. The molecular formula is C19H25ClN6O2. The molecule has 2 aliphatic rings. The van der Waals surface area contributed by atoms with Gasteiger partial charge in [-0.05, 0) is 31.7 Å². The average Bonchev–Trinajstić information content (AvgIpc) is 2.76. The number of fused-ring (bicyclic) bond motifs is 1. The summed E-state index contributed by atoms with van der Waals surface area (Å²) in [6, 6.07) is 2.06. The lowest BCUT2D eigenvalue weighted by Crippen LogP contribution is -2.54. The van der Waals surface area contributed by atoms with Gasteiger partial charge in [0.15, 0.2) is 5.15 Å². The molecule has 4 rings (SSSR count). The lowest BCUT2D eigenvalue weighted by Gasteiger charge is -2.40. The van der Waals surface area contributed by atoms with Gasteiger partial charge in [-0.25, -0.2) is 9.78 Å². The van der Waals surface area contributed by atoms with Gasteiger partial charge in [-0.1, -0.05) is 11.6 Å². The Kier molecular flexibility index (Phi) is 5.50. The molecule has 8 nitrogen and oxygen atoms in total. The second kappa shape index (κ2) is 8.05. The quantitative estimate of drug-likeness (QED) is 0.823. The van der Waals surface area contributed by atoms with E-state index in [1.54, 1.807) is 6.20 Å². The molecule has 0 aliphatic carbocycles. The summed E-state index contributed by atoms with van der Waals surface area (Å²) in [6.07, 6.45) is 3.56. The molecule has 150 valence electrons. The molecule has 2 amide bonds. The molecule has 2 fully saturated rings. The van der Waals surface area contributed by atoms with Crippen molar-refractivity contribution < 1.29 is 9.90 Å². The molecule has 0 radical (unpaired) electrons. The zero-order chi connectivity index (χ0) is 19.7. The second-order valence-electron chi connectivity index (χ2n) is 7.53. The van der Waals surface area contributed by atoms with Crippen LogP contribution in [0.2, 0.25) is 5.15 Å². The molecule has 9 heteroatoms. The molecule has 0 spiro atoms. The highest BCUT2D eigenvalue weighted by Crippen LogP contribution is 2.26. The van der Waals surface area contributed by atoms with Crippen molar-refractivity contribution in [2.75, 3.05) is 50.8 Å². The maximum atomic E-state index is 12.8. The fourth-order valence-electron chi connectivity index (χ4n) is 3.94. The molecule has 0 aromatic carbocycles. The number of hydrogen-bond donors (Lipinski definition) is 1. The molecule has 4 heterocycles. The van der Waals surface area contributed by atoms with E-state index in [1.807, 2.05) is 22.8 Å². The number of hydrogen-bond acceptors (Lipinski definition) is 6. The summed E-state index contributed by atoms with van der Waals surface area (Å²) in [4.78, 5) is 23.3. The van der Waals surface area contributed by atoms with E-state index in [0.29, 0.717) is 24.2 Å². The first-order valence-corrected chi connectivity index (χ1v) is 10.1. The van der Waals surface area contributed by atoms with Crippen molar-refractivity contribution in [3.63, 3.8) is 0 Å². The Labute approximate surface area is 169 Å². The number of aliphatic hydroxyl groups is 1. The van der Waals surface area contributed by atoms with Crippen LogP contribution >= 0.6 is 11.6 Å². The highest BCUT2D eigenvalue weighted by atomic mass is 35.5. The Morgan fingerprint density at radius 3 is 2.46 bits per heavy atom. The van der Waals surface area contributed by atoms with Crippen LogP contribution in [0, 0.1) is 12.8 Å². The Hall–Kier alpha value is -2.19. The highest BCUT2D eigenvalue weighted by Gasteiger charge is 2.28. The van der Waals surface area contributed by atoms with Gasteiger partial charge in [-0.2, -0.15) is 5.10 Å². The van der Waals surface area contributed by atoms with Gasteiger partial charge in [0.2, 0.25) is 0 Å². The van der Waals surface area contributed by atoms with E-state index in [-0.39, 0.29) is 12.6 Å². The number of aliphatic hydroxyl groups excluding tert-OH is 1. The summed E-state index contributed by atoms with van der Waals surface area (Å²) in [5.41, 5.74) is 0.804. The number of piperazine rings is 1. The van der Waals surface area contributed by atoms with E-state index >= 15 is 0 Å². The number of halogens is 1. The van der Waals surface area contributed by atoms with Gasteiger partial charge in [0.25, 0.3) is 0 Å². The van der Waals surface area contributed by atoms with Crippen LogP contribution in [0.4, 0.5) is 10.6 Å². The fraction of sp³-hybridized carbons (Fsp3) is 0.579. The van der Waals surface area contributed by atoms with Gasteiger partial charge < -0.3 is 19.8 Å². The van der Waals surface area contributed by atoms with Crippen molar-refractivity contribution in [1.82, 2.24) is 25.0 Å². The van der Waals surface area contributed by atoms with Crippen LogP contribution in [0.15, 0.2) is 12.3 Å². The molecular weight excluding hydrogens is 380 g/mol. The number of carbonyl (C=O) groups excluding carboxylic acids is 1. The number of piperidine rings is 1. The molecule has 0 bridgehead atoms. The summed E-state index contributed by atoms with van der Waals surface area (Å²) in [6.45, 7) is 6.36. The van der Waals surface area contributed by atoms with E-state index in [0.717, 1.165) is 61.3 Å². The van der Waals surface area contributed by atoms with Gasteiger partial charge in [0.05, 0.1) is 5.69 Å². The first-order valence-electron chi connectivity index (χ1n) is 9.75. The first-order chi connectivity index (χ1) is 13.6. The predicted octanol–water partition coefficient (Wildman–Crippen LogP) is 1.93. The Morgan fingerprint density at radius 1 is 1.11 bits per heavy atom. The summed E-state index contributed by atoms with van der Waals surface area (Å²) < 4.78 is 0. The number of amides is 2. The SMILES string of the molecule is Cc1nnc(Cl)c2cc(N3CCN(C(=O)N4CCC(CO)CC4)CC3)ncc12. The standard InChI is InChI=1S/C19H25ClN6O2/c1-13-16-11-21-17(10-15(16)18(20)23-22-13)24-6-8-26(9-7-24)19(28)25-4-2-14(12-27)3-5-25/h10-11,14,27H,2-9,12H2,1H3. The Balaban J connectivity index is 1.40. The van der Waals surface area contributed by atoms with Crippen LogP contribution < -0.4 is 4.90 Å². The zero-order valence-corrected chi connectivity index (χ0v) is 16.8. The van der Waals surface area contributed by atoms with E-state index in [2.05, 4.69) is 20.1 Å². The van der Waals surface area contributed by atoms with Crippen LogP contribution in [-0.2, 0) is 0 Å². The van der Waals surface area contributed by atoms with Crippen LogP contribution in [0.5, 0.6) is 0 Å². The second-order valence-corrected chi connectivity index (χ2v) is 7.89. The minimum atomic E-state index is 0.108. The Bertz CT molecular complexity index is 863. The number of aryl methyl sites for hydroxylation is 1. The minimum Gasteiger partial charge on any atom is -0.396 e. The number of urea groups is 1. The zero-order valence-electron chi connectivity index (χ0n) is 16.0. The van der Waals surface area contributed by atoms with Gasteiger partial charge in [0.1, 0.15) is 5.82 Å². The number of nitrogens with zero attached hydrogens (tertiary/aromatic N) is 6. The number of aromatic nitrogens is 3. The maximum absolute atomic E-state index is 12.8. The predicted molar refractivity (Wildman–Crippen MR) is 108 cm³/mol.